The minimum absolute atomic E-state index is 0.126. The molecule has 1 saturated heterocycles. The average Bonchev–Trinajstić information content (AvgIpc) is 2.63. The van der Waals surface area contributed by atoms with Crippen LogP contribution in [0, 0.1) is 0 Å². The zero-order valence-electron chi connectivity index (χ0n) is 9.48. The van der Waals surface area contributed by atoms with Gasteiger partial charge in [0.2, 0.25) is 5.91 Å². The first-order chi connectivity index (χ1) is 8.16. The first kappa shape index (κ1) is 11.4. The summed E-state index contributed by atoms with van der Waals surface area (Å²) in [5.74, 6) is -0.146. The Morgan fingerprint density at radius 3 is 2.53 bits per heavy atom. The van der Waals surface area contributed by atoms with Gasteiger partial charge in [-0.2, -0.15) is 0 Å². The van der Waals surface area contributed by atoms with Crippen molar-refractivity contribution in [2.24, 2.45) is 0 Å². The summed E-state index contributed by atoms with van der Waals surface area (Å²) in [4.78, 5) is 23.8. The van der Waals surface area contributed by atoms with E-state index in [9.17, 15) is 9.59 Å². The molecule has 17 heavy (non-hydrogen) atoms. The lowest BCUT2D eigenvalue weighted by atomic mass is 10.1. The summed E-state index contributed by atoms with van der Waals surface area (Å²) in [6.45, 7) is 0.593. The lowest BCUT2D eigenvalue weighted by molar-refractivity contribution is -0.125. The third-order valence-corrected chi connectivity index (χ3v) is 2.76. The number of aryl methyl sites for hydroxylation is 1. The van der Waals surface area contributed by atoms with E-state index < -0.39 is 0 Å². The number of hydrogen-bond donors (Lipinski definition) is 2. The van der Waals surface area contributed by atoms with Crippen molar-refractivity contribution in [1.29, 1.82) is 0 Å². The molecule has 1 aromatic carbocycles. The summed E-state index contributed by atoms with van der Waals surface area (Å²) in [7, 11) is 0. The molecule has 0 aliphatic carbocycles. The van der Waals surface area contributed by atoms with Gasteiger partial charge in [-0.05, 0) is 30.5 Å². The van der Waals surface area contributed by atoms with Gasteiger partial charge in [-0.1, -0.05) is 12.1 Å². The molecule has 5 nitrogen and oxygen atoms in total. The molecule has 1 aliphatic rings. The number of nitrogens with zero attached hydrogens (tertiary/aromatic N) is 1. The molecule has 1 aliphatic heterocycles. The summed E-state index contributed by atoms with van der Waals surface area (Å²) < 4.78 is 0. The number of benzene rings is 1. The highest BCUT2D eigenvalue weighted by atomic mass is 16.2. The van der Waals surface area contributed by atoms with E-state index in [1.54, 1.807) is 0 Å². The van der Waals surface area contributed by atoms with Crippen LogP contribution in [0.25, 0.3) is 0 Å². The minimum Gasteiger partial charge on any atom is -0.399 e. The molecule has 90 valence electrons. The van der Waals surface area contributed by atoms with Gasteiger partial charge < -0.3 is 11.1 Å². The van der Waals surface area contributed by atoms with Crippen molar-refractivity contribution in [2.45, 2.75) is 12.8 Å². The number of imide groups is 1. The molecule has 3 amide bonds. The summed E-state index contributed by atoms with van der Waals surface area (Å²) in [5.41, 5.74) is 7.48. The Balaban J connectivity index is 1.81. The average molecular weight is 233 g/mol. The first-order valence-corrected chi connectivity index (χ1v) is 5.59. The highest BCUT2D eigenvalue weighted by Gasteiger charge is 2.27. The number of nitrogen functional groups attached to an aromatic ring is 1. The predicted molar refractivity (Wildman–Crippen MR) is 64.3 cm³/mol. The van der Waals surface area contributed by atoms with Gasteiger partial charge in [0, 0.05) is 12.2 Å². The number of anilines is 1. The van der Waals surface area contributed by atoms with Crippen molar-refractivity contribution >= 4 is 17.6 Å². The normalized spacial score (nSPS) is 15.2. The Hall–Kier alpha value is -2.04. The fraction of sp³-hybridized carbons (Fsp3) is 0.333. The van der Waals surface area contributed by atoms with Crippen molar-refractivity contribution in [3.05, 3.63) is 29.8 Å². The Morgan fingerprint density at radius 2 is 1.94 bits per heavy atom. The summed E-state index contributed by atoms with van der Waals surface area (Å²) in [5, 5.41) is 2.50. The first-order valence-electron chi connectivity index (χ1n) is 5.59. The van der Waals surface area contributed by atoms with Crippen LogP contribution in [0.5, 0.6) is 0 Å². The van der Waals surface area contributed by atoms with E-state index >= 15 is 0 Å². The molecule has 3 N–H and O–H groups in total. The van der Waals surface area contributed by atoms with Crippen molar-refractivity contribution in [3.63, 3.8) is 0 Å². The van der Waals surface area contributed by atoms with Gasteiger partial charge in [-0.15, -0.1) is 0 Å². The van der Waals surface area contributed by atoms with Crippen LogP contribution < -0.4 is 11.1 Å². The molecule has 0 spiro atoms. The van der Waals surface area contributed by atoms with E-state index in [1.807, 2.05) is 24.3 Å². The van der Waals surface area contributed by atoms with Crippen LogP contribution >= 0.6 is 0 Å². The lowest BCUT2D eigenvalue weighted by Crippen LogP contribution is -2.32. The van der Waals surface area contributed by atoms with Crippen LogP contribution in [0.15, 0.2) is 24.3 Å². The maximum absolute atomic E-state index is 11.3. The van der Waals surface area contributed by atoms with Crippen LogP contribution in [0.4, 0.5) is 10.5 Å². The largest absolute Gasteiger partial charge is 0.399 e. The minimum atomic E-state index is -0.285. The van der Waals surface area contributed by atoms with Crippen molar-refractivity contribution in [1.82, 2.24) is 10.2 Å². The molecule has 0 saturated carbocycles. The highest BCUT2D eigenvalue weighted by molar-refractivity contribution is 6.01. The van der Waals surface area contributed by atoms with Crippen LogP contribution in [-0.2, 0) is 11.2 Å². The Labute approximate surface area is 99.6 Å². The van der Waals surface area contributed by atoms with Crippen LogP contribution in [0.1, 0.15) is 12.0 Å². The molecule has 1 aromatic rings. The summed E-state index contributed by atoms with van der Waals surface area (Å²) in [6, 6.07) is 7.33. The van der Waals surface area contributed by atoms with Gasteiger partial charge in [0.1, 0.15) is 0 Å². The molecule has 5 heteroatoms. The number of hydrogen-bond acceptors (Lipinski definition) is 3. The van der Waals surface area contributed by atoms with Gasteiger partial charge in [0.25, 0.3) is 0 Å². The summed E-state index contributed by atoms with van der Waals surface area (Å²) >= 11 is 0. The lowest BCUT2D eigenvalue weighted by Gasteiger charge is -2.11. The standard InChI is InChI=1S/C12H15N3O2/c13-10-5-3-9(4-6-10)2-1-7-15-11(16)8-14-12(15)17/h3-6H,1-2,7-8,13H2,(H,14,17). The zero-order valence-corrected chi connectivity index (χ0v) is 9.48. The fourth-order valence-corrected chi connectivity index (χ4v) is 1.81. The molecule has 1 fully saturated rings. The monoisotopic (exact) mass is 233 g/mol. The van der Waals surface area contributed by atoms with E-state index in [0.29, 0.717) is 6.54 Å². The Kier molecular flexibility index (Phi) is 3.27. The van der Waals surface area contributed by atoms with Crippen LogP contribution in [0.3, 0.4) is 0 Å². The molecule has 0 aromatic heterocycles. The number of rotatable bonds is 4. The SMILES string of the molecule is Nc1ccc(CCCN2C(=O)CNC2=O)cc1. The molecule has 0 radical (unpaired) electrons. The molecule has 0 unspecified atom stereocenters. The van der Waals surface area contributed by atoms with Gasteiger partial charge in [-0.3, -0.25) is 9.69 Å². The van der Waals surface area contributed by atoms with Crippen molar-refractivity contribution < 1.29 is 9.59 Å². The third kappa shape index (κ3) is 2.75. The Bertz CT molecular complexity index is 412. The number of carbonyl (C=O) groups excluding carboxylic acids is 2. The van der Waals surface area contributed by atoms with E-state index in [2.05, 4.69) is 5.32 Å². The number of urea groups is 1. The molecule has 1 heterocycles. The van der Waals surface area contributed by atoms with E-state index in [4.69, 9.17) is 5.73 Å². The maximum atomic E-state index is 11.3. The fourth-order valence-electron chi connectivity index (χ4n) is 1.81. The molecule has 2 rings (SSSR count). The molecule has 0 atom stereocenters. The topological polar surface area (TPSA) is 75.4 Å². The number of nitrogens with one attached hydrogen (secondary N) is 1. The van der Waals surface area contributed by atoms with Gasteiger partial charge >= 0.3 is 6.03 Å². The molecule has 0 bridgehead atoms. The highest BCUT2D eigenvalue weighted by Crippen LogP contribution is 2.09. The number of carbonyl (C=O) groups is 2. The van der Waals surface area contributed by atoms with Crippen molar-refractivity contribution in [2.75, 3.05) is 18.8 Å². The third-order valence-electron chi connectivity index (χ3n) is 2.76. The van der Waals surface area contributed by atoms with Crippen molar-refractivity contribution in [3.8, 4) is 0 Å². The van der Waals surface area contributed by atoms with E-state index in [-0.39, 0.29) is 18.5 Å². The Morgan fingerprint density at radius 1 is 1.24 bits per heavy atom. The predicted octanol–water partition coefficient (Wildman–Crippen LogP) is 0.753. The second-order valence-corrected chi connectivity index (χ2v) is 4.05. The van der Waals surface area contributed by atoms with E-state index in [1.165, 1.54) is 4.90 Å². The molecular formula is C12H15N3O2. The van der Waals surface area contributed by atoms with E-state index in [0.717, 1.165) is 24.1 Å². The van der Waals surface area contributed by atoms with Crippen LogP contribution in [0.2, 0.25) is 0 Å². The van der Waals surface area contributed by atoms with Gasteiger partial charge in [0.05, 0.1) is 6.54 Å². The number of nitrogens with two attached hydrogens (primary N) is 1. The maximum Gasteiger partial charge on any atom is 0.324 e. The smallest absolute Gasteiger partial charge is 0.324 e. The number of amides is 3. The molecular weight excluding hydrogens is 218 g/mol. The quantitative estimate of drug-likeness (QED) is 0.595. The second-order valence-electron chi connectivity index (χ2n) is 4.05. The van der Waals surface area contributed by atoms with Gasteiger partial charge in [-0.25, -0.2) is 4.79 Å². The van der Waals surface area contributed by atoms with Gasteiger partial charge in [0.15, 0.2) is 0 Å². The zero-order chi connectivity index (χ0) is 12.3. The summed E-state index contributed by atoms with van der Waals surface area (Å²) in [6.07, 6.45) is 1.60. The second kappa shape index (κ2) is 4.86. The van der Waals surface area contributed by atoms with Crippen LogP contribution in [-0.4, -0.2) is 29.9 Å².